The van der Waals surface area contributed by atoms with Crippen LogP contribution < -0.4 is 10.1 Å². The van der Waals surface area contributed by atoms with E-state index in [4.69, 9.17) is 9.15 Å². The van der Waals surface area contributed by atoms with Gasteiger partial charge >= 0.3 is 0 Å². The van der Waals surface area contributed by atoms with Crippen molar-refractivity contribution >= 4 is 5.91 Å². The van der Waals surface area contributed by atoms with Crippen LogP contribution in [0.5, 0.6) is 5.75 Å². The Bertz CT molecular complexity index is 1070. The van der Waals surface area contributed by atoms with Crippen molar-refractivity contribution < 1.29 is 13.9 Å². The molecule has 4 rings (SSSR count). The molecule has 1 aromatic carbocycles. The van der Waals surface area contributed by atoms with Crippen LogP contribution in [-0.2, 0) is 6.54 Å². The fourth-order valence-corrected chi connectivity index (χ4v) is 2.79. The van der Waals surface area contributed by atoms with Crippen LogP contribution in [0, 0.1) is 0 Å². The Balaban J connectivity index is 1.74. The fraction of sp³-hybridized carbons (Fsp3) is 0.100. The smallest absolute Gasteiger partial charge is 0.274 e. The summed E-state index contributed by atoms with van der Waals surface area (Å²) in [6, 6.07) is 14.5. The largest absolute Gasteiger partial charge is 0.497 e. The first-order valence-electron chi connectivity index (χ1n) is 8.57. The maximum absolute atomic E-state index is 12.8. The van der Waals surface area contributed by atoms with Gasteiger partial charge in [-0.25, -0.2) is 4.68 Å². The molecule has 0 fully saturated rings. The predicted octanol–water partition coefficient (Wildman–Crippen LogP) is 2.86. The van der Waals surface area contributed by atoms with Gasteiger partial charge in [-0.2, -0.15) is 0 Å². The van der Waals surface area contributed by atoms with Gasteiger partial charge < -0.3 is 14.5 Å². The maximum atomic E-state index is 12.8. The molecular formula is C20H17N5O3. The highest BCUT2D eigenvalue weighted by molar-refractivity contribution is 5.98. The average Bonchev–Trinajstić information content (AvgIpc) is 3.42. The van der Waals surface area contributed by atoms with E-state index in [2.05, 4.69) is 20.6 Å². The van der Waals surface area contributed by atoms with Crippen molar-refractivity contribution in [2.24, 2.45) is 0 Å². The number of ether oxygens (including phenoxy) is 1. The molecule has 140 valence electrons. The van der Waals surface area contributed by atoms with Crippen LogP contribution in [0.25, 0.3) is 16.9 Å². The minimum Gasteiger partial charge on any atom is -0.497 e. The van der Waals surface area contributed by atoms with E-state index in [-0.39, 0.29) is 18.1 Å². The lowest BCUT2D eigenvalue weighted by molar-refractivity contribution is 0.0943. The molecule has 0 saturated carbocycles. The zero-order chi connectivity index (χ0) is 19.3. The Morgan fingerprint density at radius 2 is 2.04 bits per heavy atom. The summed E-state index contributed by atoms with van der Waals surface area (Å²) in [5, 5.41) is 11.2. The maximum Gasteiger partial charge on any atom is 0.274 e. The number of hydrogen-bond acceptors (Lipinski definition) is 6. The molecule has 0 aliphatic heterocycles. The molecule has 0 spiro atoms. The number of amides is 1. The second-order valence-electron chi connectivity index (χ2n) is 5.90. The molecule has 0 aliphatic carbocycles. The minimum absolute atomic E-state index is 0.209. The fourth-order valence-electron chi connectivity index (χ4n) is 2.79. The summed E-state index contributed by atoms with van der Waals surface area (Å²) >= 11 is 0. The molecule has 8 nitrogen and oxygen atoms in total. The number of furan rings is 1. The van der Waals surface area contributed by atoms with Gasteiger partial charge in [0.15, 0.2) is 5.69 Å². The van der Waals surface area contributed by atoms with E-state index in [0.29, 0.717) is 17.2 Å². The first-order chi connectivity index (χ1) is 13.8. The van der Waals surface area contributed by atoms with E-state index in [1.54, 1.807) is 54.7 Å². The van der Waals surface area contributed by atoms with Gasteiger partial charge in [0.25, 0.3) is 5.91 Å². The quantitative estimate of drug-likeness (QED) is 0.557. The third-order valence-corrected chi connectivity index (χ3v) is 4.14. The zero-order valence-corrected chi connectivity index (χ0v) is 15.1. The summed E-state index contributed by atoms with van der Waals surface area (Å²) in [7, 11) is 1.59. The number of hydrogen-bond donors (Lipinski definition) is 1. The first kappa shape index (κ1) is 17.5. The minimum atomic E-state index is -0.350. The van der Waals surface area contributed by atoms with Gasteiger partial charge in [-0.05, 0) is 36.4 Å². The van der Waals surface area contributed by atoms with Gasteiger partial charge in [-0.1, -0.05) is 11.3 Å². The molecule has 0 unspecified atom stereocenters. The number of aromatic nitrogens is 4. The number of nitrogens with one attached hydrogen (secondary N) is 1. The summed E-state index contributed by atoms with van der Waals surface area (Å²) in [5.41, 5.74) is 2.27. The molecule has 1 amide bonds. The number of carbonyl (C=O) groups excluding carboxylic acids is 1. The normalized spacial score (nSPS) is 10.6. The van der Waals surface area contributed by atoms with E-state index in [9.17, 15) is 4.79 Å². The number of carbonyl (C=O) groups is 1. The summed E-state index contributed by atoms with van der Waals surface area (Å²) in [5.74, 6) is 0.980. The van der Waals surface area contributed by atoms with Crippen LogP contribution in [-0.4, -0.2) is 33.0 Å². The monoisotopic (exact) mass is 375 g/mol. The topological polar surface area (TPSA) is 95.1 Å². The lowest BCUT2D eigenvalue weighted by Gasteiger charge is -2.09. The second kappa shape index (κ2) is 7.75. The van der Waals surface area contributed by atoms with E-state index in [1.807, 2.05) is 24.3 Å². The van der Waals surface area contributed by atoms with Gasteiger partial charge in [0.2, 0.25) is 0 Å². The number of rotatable bonds is 6. The van der Waals surface area contributed by atoms with Gasteiger partial charge in [-0.15, -0.1) is 5.10 Å². The molecule has 3 aromatic heterocycles. The highest BCUT2D eigenvalue weighted by Gasteiger charge is 2.22. The number of nitrogens with zero attached hydrogens (tertiary/aromatic N) is 4. The molecule has 4 aromatic rings. The number of pyridine rings is 1. The average molecular weight is 375 g/mol. The van der Waals surface area contributed by atoms with Gasteiger partial charge in [-0.3, -0.25) is 9.78 Å². The number of methoxy groups -OCH3 is 1. The third kappa shape index (κ3) is 3.48. The van der Waals surface area contributed by atoms with Crippen molar-refractivity contribution in [1.82, 2.24) is 25.3 Å². The highest BCUT2D eigenvalue weighted by Crippen LogP contribution is 2.26. The van der Waals surface area contributed by atoms with Crippen LogP contribution in [0.3, 0.4) is 0 Å². The van der Waals surface area contributed by atoms with Crippen LogP contribution in [0.1, 0.15) is 16.2 Å². The molecule has 0 bridgehead atoms. The van der Waals surface area contributed by atoms with Gasteiger partial charge in [0.1, 0.15) is 17.2 Å². The van der Waals surface area contributed by atoms with Crippen molar-refractivity contribution in [3.05, 3.63) is 78.6 Å². The molecule has 0 atom stereocenters. The van der Waals surface area contributed by atoms with E-state index < -0.39 is 0 Å². The standard InChI is InChI=1S/C20H17N5O3/c1-27-16-5-2-4-15(12-16)25-19(14-7-9-21-10-8-14)18(23-24-25)20(26)22-13-17-6-3-11-28-17/h2-12H,13H2,1H3,(H,22,26). The lowest BCUT2D eigenvalue weighted by atomic mass is 10.1. The highest BCUT2D eigenvalue weighted by atomic mass is 16.5. The second-order valence-corrected chi connectivity index (χ2v) is 5.90. The SMILES string of the molecule is COc1cccc(-n2nnc(C(=O)NCc3ccco3)c2-c2ccncc2)c1. The summed E-state index contributed by atoms with van der Waals surface area (Å²) in [6.07, 6.45) is 4.87. The van der Waals surface area contributed by atoms with Crippen molar-refractivity contribution in [3.8, 4) is 22.7 Å². The van der Waals surface area contributed by atoms with E-state index in [0.717, 1.165) is 11.3 Å². The van der Waals surface area contributed by atoms with Crippen molar-refractivity contribution in [3.63, 3.8) is 0 Å². The van der Waals surface area contributed by atoms with Crippen molar-refractivity contribution in [2.45, 2.75) is 6.54 Å². The molecule has 0 radical (unpaired) electrons. The summed E-state index contributed by atoms with van der Waals surface area (Å²) in [4.78, 5) is 16.8. The molecule has 8 heteroatoms. The Morgan fingerprint density at radius 1 is 1.18 bits per heavy atom. The Labute approximate surface area is 160 Å². The van der Waals surface area contributed by atoms with Crippen LogP contribution in [0.15, 0.2) is 71.6 Å². The molecule has 1 N–H and O–H groups in total. The predicted molar refractivity (Wildman–Crippen MR) is 101 cm³/mol. The Morgan fingerprint density at radius 3 is 2.79 bits per heavy atom. The van der Waals surface area contributed by atoms with Gasteiger partial charge in [0.05, 0.1) is 25.6 Å². The van der Waals surface area contributed by atoms with Crippen LogP contribution in [0.2, 0.25) is 0 Å². The molecule has 28 heavy (non-hydrogen) atoms. The zero-order valence-electron chi connectivity index (χ0n) is 15.1. The van der Waals surface area contributed by atoms with Crippen molar-refractivity contribution in [2.75, 3.05) is 7.11 Å². The van der Waals surface area contributed by atoms with E-state index >= 15 is 0 Å². The van der Waals surface area contributed by atoms with Crippen molar-refractivity contribution in [1.29, 1.82) is 0 Å². The Kier molecular flexibility index (Phi) is 4.83. The third-order valence-electron chi connectivity index (χ3n) is 4.14. The molecular weight excluding hydrogens is 358 g/mol. The molecule has 0 saturated heterocycles. The molecule has 3 heterocycles. The summed E-state index contributed by atoms with van der Waals surface area (Å²) in [6.45, 7) is 0.258. The lowest BCUT2D eigenvalue weighted by Crippen LogP contribution is -2.23. The first-order valence-corrected chi connectivity index (χ1v) is 8.57. The Hall–Kier alpha value is -3.94. The van der Waals surface area contributed by atoms with Crippen LogP contribution in [0.4, 0.5) is 0 Å². The van der Waals surface area contributed by atoms with E-state index in [1.165, 1.54) is 0 Å². The molecule has 0 aliphatic rings. The van der Waals surface area contributed by atoms with Crippen LogP contribution >= 0.6 is 0 Å². The van der Waals surface area contributed by atoms with Gasteiger partial charge in [0, 0.05) is 24.0 Å². The summed E-state index contributed by atoms with van der Waals surface area (Å²) < 4.78 is 12.2. The number of benzene rings is 1.